The van der Waals surface area contributed by atoms with Crippen LogP contribution in [0.2, 0.25) is 0 Å². The van der Waals surface area contributed by atoms with Gasteiger partial charge in [-0.1, -0.05) is 6.42 Å². The number of rotatable bonds is 2. The van der Waals surface area contributed by atoms with Gasteiger partial charge in [-0.3, -0.25) is 4.90 Å². The fourth-order valence-electron chi connectivity index (χ4n) is 3.41. The molecule has 2 bridgehead atoms. The van der Waals surface area contributed by atoms with Crippen LogP contribution < -0.4 is 0 Å². The highest BCUT2D eigenvalue weighted by atomic mass is 16.5. The predicted octanol–water partition coefficient (Wildman–Crippen LogP) is 1.01. The van der Waals surface area contributed by atoms with Crippen LogP contribution in [0.15, 0.2) is 0 Å². The van der Waals surface area contributed by atoms with Gasteiger partial charge in [0, 0.05) is 19.6 Å². The van der Waals surface area contributed by atoms with Crippen LogP contribution in [0.25, 0.3) is 0 Å². The molecule has 1 saturated carbocycles. The molecule has 3 fully saturated rings. The molecule has 1 N–H and O–H groups in total. The molecule has 3 rings (SSSR count). The van der Waals surface area contributed by atoms with Gasteiger partial charge in [0.2, 0.25) is 0 Å². The highest BCUT2D eigenvalue weighted by Crippen LogP contribution is 2.30. The second-order valence-electron chi connectivity index (χ2n) is 5.43. The average Bonchev–Trinajstić information content (AvgIpc) is 2.75. The lowest BCUT2D eigenvalue weighted by molar-refractivity contribution is -0.0472. The lowest BCUT2D eigenvalue weighted by Gasteiger charge is -2.34. The molecule has 0 amide bonds. The summed E-state index contributed by atoms with van der Waals surface area (Å²) in [5, 5.41) is 9.81. The summed E-state index contributed by atoms with van der Waals surface area (Å²) in [5.74, 6) is 0.530. The molecule has 2 heterocycles. The van der Waals surface area contributed by atoms with E-state index < -0.39 is 0 Å². The number of aliphatic hydroxyl groups is 1. The molecule has 0 spiro atoms. The zero-order valence-electron chi connectivity index (χ0n) is 9.27. The number of hydrogen-bond acceptors (Lipinski definition) is 3. The van der Waals surface area contributed by atoms with E-state index in [0.29, 0.717) is 18.1 Å². The van der Waals surface area contributed by atoms with Crippen molar-refractivity contribution < 1.29 is 9.84 Å². The van der Waals surface area contributed by atoms with Gasteiger partial charge in [0.05, 0.1) is 18.3 Å². The van der Waals surface area contributed by atoms with E-state index in [0.717, 1.165) is 26.1 Å². The fraction of sp³-hybridized carbons (Fsp3) is 1.00. The van der Waals surface area contributed by atoms with Crippen molar-refractivity contribution in [3.63, 3.8) is 0 Å². The van der Waals surface area contributed by atoms with Crippen molar-refractivity contribution in [2.45, 2.75) is 50.4 Å². The lowest BCUT2D eigenvalue weighted by Crippen LogP contribution is -2.45. The summed E-state index contributed by atoms with van der Waals surface area (Å²) in [5.41, 5.74) is 0. The first-order valence-electron chi connectivity index (χ1n) is 6.37. The first-order valence-corrected chi connectivity index (χ1v) is 6.37. The van der Waals surface area contributed by atoms with Gasteiger partial charge in [0.25, 0.3) is 0 Å². The van der Waals surface area contributed by atoms with Gasteiger partial charge in [0.15, 0.2) is 0 Å². The summed E-state index contributed by atoms with van der Waals surface area (Å²) in [7, 11) is 0. The smallest absolute Gasteiger partial charge is 0.0707 e. The van der Waals surface area contributed by atoms with E-state index in [4.69, 9.17) is 4.74 Å². The van der Waals surface area contributed by atoms with Crippen LogP contribution >= 0.6 is 0 Å². The summed E-state index contributed by atoms with van der Waals surface area (Å²) in [6.45, 7) is 3.29. The van der Waals surface area contributed by atoms with E-state index in [1.165, 1.54) is 25.7 Å². The van der Waals surface area contributed by atoms with E-state index in [2.05, 4.69) is 4.90 Å². The molecule has 0 aromatic carbocycles. The van der Waals surface area contributed by atoms with Crippen LogP contribution in [-0.2, 0) is 4.74 Å². The van der Waals surface area contributed by atoms with Crippen LogP contribution in [-0.4, -0.2) is 48.0 Å². The summed E-state index contributed by atoms with van der Waals surface area (Å²) in [6, 6.07) is 0. The van der Waals surface area contributed by atoms with Crippen LogP contribution in [0.1, 0.15) is 32.1 Å². The first-order chi connectivity index (χ1) is 7.31. The van der Waals surface area contributed by atoms with Gasteiger partial charge in [0.1, 0.15) is 0 Å². The molecule has 0 aromatic rings. The summed E-state index contributed by atoms with van der Waals surface area (Å²) in [4.78, 5) is 2.52. The quantitative estimate of drug-likeness (QED) is 0.740. The Bertz CT molecular complexity index is 222. The standard InChI is InChI=1S/C12H21NO2/c14-12-3-1-2-9(12)6-13-7-10-4-5-11(8-13)15-10/h9-12,14H,1-8H2. The minimum atomic E-state index is -0.0366. The van der Waals surface area contributed by atoms with E-state index in [9.17, 15) is 5.11 Å². The second-order valence-corrected chi connectivity index (χ2v) is 5.43. The van der Waals surface area contributed by atoms with Gasteiger partial charge >= 0.3 is 0 Å². The summed E-state index contributed by atoms with van der Waals surface area (Å²) in [6.07, 6.45) is 6.87. The van der Waals surface area contributed by atoms with Crippen LogP contribution in [0.3, 0.4) is 0 Å². The van der Waals surface area contributed by atoms with Crippen molar-refractivity contribution in [3.05, 3.63) is 0 Å². The Morgan fingerprint density at radius 2 is 1.80 bits per heavy atom. The minimum Gasteiger partial charge on any atom is -0.393 e. The van der Waals surface area contributed by atoms with Gasteiger partial charge in [-0.05, 0) is 31.6 Å². The number of morpholine rings is 1. The zero-order valence-corrected chi connectivity index (χ0v) is 9.27. The minimum absolute atomic E-state index is 0.0366. The molecule has 4 atom stereocenters. The van der Waals surface area contributed by atoms with Crippen molar-refractivity contribution in [1.29, 1.82) is 0 Å². The van der Waals surface area contributed by atoms with Crippen molar-refractivity contribution in [2.24, 2.45) is 5.92 Å². The number of hydrogen-bond donors (Lipinski definition) is 1. The lowest BCUT2D eigenvalue weighted by atomic mass is 10.0. The number of aliphatic hydroxyl groups excluding tert-OH is 1. The third-order valence-corrected chi connectivity index (χ3v) is 4.23. The van der Waals surface area contributed by atoms with Gasteiger partial charge in [-0.15, -0.1) is 0 Å². The maximum absolute atomic E-state index is 9.81. The molecule has 86 valence electrons. The van der Waals surface area contributed by atoms with Crippen LogP contribution in [0.4, 0.5) is 0 Å². The van der Waals surface area contributed by atoms with E-state index in [1.54, 1.807) is 0 Å². The Balaban J connectivity index is 1.55. The Morgan fingerprint density at radius 3 is 2.40 bits per heavy atom. The van der Waals surface area contributed by atoms with Crippen molar-refractivity contribution >= 4 is 0 Å². The van der Waals surface area contributed by atoms with Crippen LogP contribution in [0, 0.1) is 5.92 Å². The molecule has 15 heavy (non-hydrogen) atoms. The first kappa shape index (κ1) is 10.1. The second kappa shape index (κ2) is 4.04. The molecule has 4 unspecified atom stereocenters. The molecule has 1 aliphatic carbocycles. The fourth-order valence-corrected chi connectivity index (χ4v) is 3.41. The average molecular weight is 211 g/mol. The molecule has 2 saturated heterocycles. The normalized spacial score (nSPS) is 46.2. The topological polar surface area (TPSA) is 32.7 Å². The maximum Gasteiger partial charge on any atom is 0.0707 e. The Morgan fingerprint density at radius 1 is 1.07 bits per heavy atom. The van der Waals surface area contributed by atoms with E-state index in [1.807, 2.05) is 0 Å². The zero-order chi connectivity index (χ0) is 10.3. The molecule has 3 heteroatoms. The van der Waals surface area contributed by atoms with Gasteiger partial charge in [-0.2, -0.15) is 0 Å². The molecule has 3 nitrogen and oxygen atoms in total. The maximum atomic E-state index is 9.81. The monoisotopic (exact) mass is 211 g/mol. The SMILES string of the molecule is OC1CCCC1CN1CC2CCC(C1)O2. The van der Waals surface area contributed by atoms with E-state index in [-0.39, 0.29) is 6.10 Å². The molecule has 3 aliphatic rings. The molecular formula is C12H21NO2. The third-order valence-electron chi connectivity index (χ3n) is 4.23. The van der Waals surface area contributed by atoms with Crippen molar-refractivity contribution in [2.75, 3.05) is 19.6 Å². The molecule has 0 radical (unpaired) electrons. The number of nitrogens with zero attached hydrogens (tertiary/aromatic N) is 1. The number of likely N-dealkylation sites (tertiary alicyclic amines) is 1. The van der Waals surface area contributed by atoms with Crippen LogP contribution in [0.5, 0.6) is 0 Å². The Kier molecular flexibility index (Phi) is 2.71. The highest BCUT2D eigenvalue weighted by Gasteiger charge is 2.36. The Labute approximate surface area is 91.4 Å². The largest absolute Gasteiger partial charge is 0.393 e. The molecular weight excluding hydrogens is 190 g/mol. The molecule has 2 aliphatic heterocycles. The van der Waals surface area contributed by atoms with Crippen molar-refractivity contribution in [1.82, 2.24) is 4.90 Å². The van der Waals surface area contributed by atoms with Gasteiger partial charge < -0.3 is 9.84 Å². The number of ether oxygens (including phenoxy) is 1. The molecule has 0 aromatic heterocycles. The number of fused-ring (bicyclic) bond motifs is 2. The van der Waals surface area contributed by atoms with E-state index >= 15 is 0 Å². The summed E-state index contributed by atoms with van der Waals surface area (Å²) >= 11 is 0. The van der Waals surface area contributed by atoms with Crippen molar-refractivity contribution in [3.8, 4) is 0 Å². The highest BCUT2D eigenvalue weighted by molar-refractivity contribution is 4.87. The van der Waals surface area contributed by atoms with Gasteiger partial charge in [-0.25, -0.2) is 0 Å². The Hall–Kier alpha value is -0.120. The summed E-state index contributed by atoms with van der Waals surface area (Å²) < 4.78 is 5.81. The third kappa shape index (κ3) is 2.05. The predicted molar refractivity (Wildman–Crippen MR) is 57.7 cm³/mol.